The van der Waals surface area contributed by atoms with E-state index in [0.29, 0.717) is 18.5 Å². The molecular formula is C18H16N2O. The van der Waals surface area contributed by atoms with Crippen LogP contribution < -0.4 is 5.73 Å². The monoisotopic (exact) mass is 276 g/mol. The van der Waals surface area contributed by atoms with Crippen molar-refractivity contribution >= 4 is 16.6 Å². The molecule has 0 atom stereocenters. The molecule has 2 aromatic carbocycles. The van der Waals surface area contributed by atoms with Gasteiger partial charge in [0.05, 0.1) is 0 Å². The van der Waals surface area contributed by atoms with E-state index in [1.165, 1.54) is 0 Å². The first-order valence-corrected chi connectivity index (χ1v) is 6.96. The van der Waals surface area contributed by atoms with Gasteiger partial charge in [0, 0.05) is 28.9 Å². The maximum Gasteiger partial charge on any atom is 0.193 e. The molecule has 3 nitrogen and oxygen atoms in total. The number of hydrogen-bond acceptors (Lipinski definition) is 3. The molecule has 0 fully saturated rings. The molecular weight excluding hydrogens is 260 g/mol. The Morgan fingerprint density at radius 3 is 2.67 bits per heavy atom. The van der Waals surface area contributed by atoms with Crippen molar-refractivity contribution in [3.8, 4) is 0 Å². The highest BCUT2D eigenvalue weighted by atomic mass is 16.1. The summed E-state index contributed by atoms with van der Waals surface area (Å²) in [4.78, 5) is 17.0. The summed E-state index contributed by atoms with van der Waals surface area (Å²) in [5.74, 6) is 0.0378. The summed E-state index contributed by atoms with van der Waals surface area (Å²) in [5.41, 5.74) is 8.07. The summed E-state index contributed by atoms with van der Waals surface area (Å²) in [6.07, 6.45) is 4.19. The molecule has 104 valence electrons. The summed E-state index contributed by atoms with van der Waals surface area (Å²) in [6.45, 7) is 0.531. The fourth-order valence-electron chi connectivity index (χ4n) is 2.58. The lowest BCUT2D eigenvalue weighted by atomic mass is 9.94. The molecule has 0 saturated heterocycles. The van der Waals surface area contributed by atoms with Gasteiger partial charge in [0.15, 0.2) is 5.78 Å². The third-order valence-electron chi connectivity index (χ3n) is 3.60. The van der Waals surface area contributed by atoms with Gasteiger partial charge in [0.25, 0.3) is 0 Å². The Balaban J connectivity index is 2.13. The van der Waals surface area contributed by atoms with Crippen LogP contribution in [-0.2, 0) is 6.42 Å². The number of ketones is 1. The van der Waals surface area contributed by atoms with Crippen LogP contribution in [0.15, 0.2) is 60.9 Å². The van der Waals surface area contributed by atoms with Gasteiger partial charge in [-0.1, -0.05) is 42.5 Å². The number of nitrogens with two attached hydrogens (primary N) is 1. The summed E-state index contributed by atoms with van der Waals surface area (Å²) >= 11 is 0. The topological polar surface area (TPSA) is 56.0 Å². The van der Waals surface area contributed by atoms with Crippen molar-refractivity contribution in [2.45, 2.75) is 6.42 Å². The third-order valence-corrected chi connectivity index (χ3v) is 3.60. The molecule has 0 bridgehead atoms. The Labute approximate surface area is 123 Å². The highest BCUT2D eigenvalue weighted by molar-refractivity contribution is 6.16. The molecule has 0 saturated carbocycles. The van der Waals surface area contributed by atoms with E-state index in [1.807, 2.05) is 48.5 Å². The summed E-state index contributed by atoms with van der Waals surface area (Å²) < 4.78 is 0. The molecule has 3 aromatic rings. The molecule has 1 aromatic heterocycles. The number of hydrogen-bond donors (Lipinski definition) is 1. The van der Waals surface area contributed by atoms with E-state index < -0.39 is 0 Å². The Bertz CT molecular complexity index is 791. The molecule has 21 heavy (non-hydrogen) atoms. The fraction of sp³-hybridized carbons (Fsp3) is 0.111. The Hall–Kier alpha value is -2.52. The molecule has 0 radical (unpaired) electrons. The van der Waals surface area contributed by atoms with E-state index in [2.05, 4.69) is 4.98 Å². The first kappa shape index (κ1) is 13.5. The average molecular weight is 276 g/mol. The predicted molar refractivity (Wildman–Crippen MR) is 84.4 cm³/mol. The third kappa shape index (κ3) is 2.56. The largest absolute Gasteiger partial charge is 0.330 e. The van der Waals surface area contributed by atoms with E-state index in [9.17, 15) is 4.79 Å². The fourth-order valence-corrected chi connectivity index (χ4v) is 2.58. The summed E-state index contributed by atoms with van der Waals surface area (Å²) in [5, 5.41) is 1.90. The van der Waals surface area contributed by atoms with Crippen molar-refractivity contribution in [2.24, 2.45) is 5.73 Å². The summed E-state index contributed by atoms with van der Waals surface area (Å²) in [7, 11) is 0. The van der Waals surface area contributed by atoms with Crippen LogP contribution in [0.5, 0.6) is 0 Å². The zero-order valence-electron chi connectivity index (χ0n) is 11.6. The number of nitrogens with zero attached hydrogens (tertiary/aromatic N) is 1. The highest BCUT2D eigenvalue weighted by Gasteiger charge is 2.15. The normalized spacial score (nSPS) is 10.7. The summed E-state index contributed by atoms with van der Waals surface area (Å²) in [6, 6.07) is 15.3. The van der Waals surface area contributed by atoms with Crippen molar-refractivity contribution < 1.29 is 4.79 Å². The lowest BCUT2D eigenvalue weighted by Crippen LogP contribution is -2.10. The second-order valence-corrected chi connectivity index (χ2v) is 4.93. The molecule has 0 aliphatic rings. The second kappa shape index (κ2) is 5.85. The smallest absolute Gasteiger partial charge is 0.193 e. The van der Waals surface area contributed by atoms with E-state index in [1.54, 1.807) is 12.4 Å². The first-order valence-electron chi connectivity index (χ1n) is 6.96. The van der Waals surface area contributed by atoms with Gasteiger partial charge in [-0.25, -0.2) is 0 Å². The minimum atomic E-state index is 0.0378. The lowest BCUT2D eigenvalue weighted by Gasteiger charge is -2.09. The average Bonchev–Trinajstić information content (AvgIpc) is 2.54. The first-order chi connectivity index (χ1) is 10.3. The van der Waals surface area contributed by atoms with E-state index in [0.717, 1.165) is 21.9 Å². The number of fused-ring (bicyclic) bond motifs is 1. The van der Waals surface area contributed by atoms with Crippen molar-refractivity contribution in [3.63, 3.8) is 0 Å². The van der Waals surface area contributed by atoms with Crippen LogP contribution in [0.25, 0.3) is 10.8 Å². The van der Waals surface area contributed by atoms with Gasteiger partial charge in [-0.3, -0.25) is 9.78 Å². The van der Waals surface area contributed by atoms with Crippen molar-refractivity contribution in [1.82, 2.24) is 4.98 Å². The minimum Gasteiger partial charge on any atom is -0.330 e. The molecule has 2 N–H and O–H groups in total. The van der Waals surface area contributed by atoms with Gasteiger partial charge in [-0.2, -0.15) is 0 Å². The van der Waals surface area contributed by atoms with E-state index >= 15 is 0 Å². The van der Waals surface area contributed by atoms with Gasteiger partial charge < -0.3 is 5.73 Å². The molecule has 0 aliphatic heterocycles. The lowest BCUT2D eigenvalue weighted by molar-refractivity contribution is 0.103. The van der Waals surface area contributed by atoms with Crippen molar-refractivity contribution in [2.75, 3.05) is 6.54 Å². The number of carbonyl (C=O) groups is 1. The van der Waals surface area contributed by atoms with Gasteiger partial charge in [0.1, 0.15) is 0 Å². The number of aromatic nitrogens is 1. The van der Waals surface area contributed by atoms with Crippen LogP contribution >= 0.6 is 0 Å². The molecule has 0 amide bonds. The van der Waals surface area contributed by atoms with Crippen LogP contribution in [0, 0.1) is 0 Å². The van der Waals surface area contributed by atoms with Crippen LogP contribution in [0.2, 0.25) is 0 Å². The number of pyridine rings is 1. The molecule has 3 heteroatoms. The molecule has 3 rings (SSSR count). The molecule has 0 unspecified atom stereocenters. The molecule has 1 heterocycles. The van der Waals surface area contributed by atoms with Gasteiger partial charge in [0.2, 0.25) is 0 Å². The standard InChI is InChI=1S/C18H16N2O/c19-10-8-13-4-1-2-6-16(13)18(21)17-7-3-5-14-12-20-11-9-15(14)17/h1-7,9,11-12H,8,10,19H2. The van der Waals surface area contributed by atoms with E-state index in [4.69, 9.17) is 5.73 Å². The second-order valence-electron chi connectivity index (χ2n) is 4.93. The Morgan fingerprint density at radius 1 is 1.00 bits per heavy atom. The van der Waals surface area contributed by atoms with Gasteiger partial charge in [-0.15, -0.1) is 0 Å². The van der Waals surface area contributed by atoms with E-state index in [-0.39, 0.29) is 5.78 Å². The van der Waals surface area contributed by atoms with Crippen molar-refractivity contribution in [1.29, 1.82) is 0 Å². The molecule has 0 aliphatic carbocycles. The highest BCUT2D eigenvalue weighted by Crippen LogP contribution is 2.22. The Morgan fingerprint density at radius 2 is 1.81 bits per heavy atom. The Kier molecular flexibility index (Phi) is 3.75. The number of carbonyl (C=O) groups excluding carboxylic acids is 1. The predicted octanol–water partition coefficient (Wildman–Crippen LogP) is 2.97. The zero-order valence-corrected chi connectivity index (χ0v) is 11.6. The van der Waals surface area contributed by atoms with Gasteiger partial charge in [-0.05, 0) is 30.0 Å². The van der Waals surface area contributed by atoms with Gasteiger partial charge >= 0.3 is 0 Å². The quantitative estimate of drug-likeness (QED) is 0.745. The number of benzene rings is 2. The van der Waals surface area contributed by atoms with Crippen LogP contribution in [0.4, 0.5) is 0 Å². The maximum atomic E-state index is 12.9. The van der Waals surface area contributed by atoms with Crippen LogP contribution in [0.3, 0.4) is 0 Å². The van der Waals surface area contributed by atoms with Crippen LogP contribution in [0.1, 0.15) is 21.5 Å². The van der Waals surface area contributed by atoms with Crippen LogP contribution in [-0.4, -0.2) is 17.3 Å². The molecule has 0 spiro atoms. The minimum absolute atomic E-state index is 0.0378. The SMILES string of the molecule is NCCc1ccccc1C(=O)c1cccc2cnccc12. The maximum absolute atomic E-state index is 12.9. The number of rotatable bonds is 4. The zero-order chi connectivity index (χ0) is 14.7. The van der Waals surface area contributed by atoms with Crippen molar-refractivity contribution in [3.05, 3.63) is 77.6 Å².